The minimum Gasteiger partial charge on any atom is -0.356 e. The molecule has 0 fully saturated rings. The second-order valence-electron chi connectivity index (χ2n) is 6.13. The zero-order chi connectivity index (χ0) is 19.9. The van der Waals surface area contributed by atoms with Crippen molar-refractivity contribution >= 4 is 11.7 Å². The summed E-state index contributed by atoms with van der Waals surface area (Å²) in [5.41, 5.74) is 0.675. The Labute approximate surface area is 159 Å². The van der Waals surface area contributed by atoms with Crippen molar-refractivity contribution in [2.75, 3.05) is 6.54 Å². The lowest BCUT2D eigenvalue weighted by atomic mass is 10.0. The van der Waals surface area contributed by atoms with E-state index in [0.717, 1.165) is 25.8 Å². The van der Waals surface area contributed by atoms with Crippen molar-refractivity contribution in [1.82, 2.24) is 5.32 Å². The molecule has 0 bridgehead atoms. The van der Waals surface area contributed by atoms with E-state index in [0.29, 0.717) is 18.4 Å². The van der Waals surface area contributed by atoms with E-state index >= 15 is 0 Å². The Morgan fingerprint density at radius 2 is 1.28 bits per heavy atom. The Hall–Kier alpha value is -1.12. The molecule has 0 radical (unpaired) electrons. The maximum Gasteiger partial charge on any atom is 0.219 e. The fourth-order valence-electron chi connectivity index (χ4n) is 1.86. The van der Waals surface area contributed by atoms with Crippen molar-refractivity contribution in [3.8, 4) is 0 Å². The number of carbonyl (C=O) groups is 2. The summed E-state index contributed by atoms with van der Waals surface area (Å²) < 4.78 is 0. The van der Waals surface area contributed by atoms with Gasteiger partial charge in [-0.2, -0.15) is 0 Å². The van der Waals surface area contributed by atoms with Gasteiger partial charge in [-0.1, -0.05) is 86.1 Å². The summed E-state index contributed by atoms with van der Waals surface area (Å²) >= 11 is 0. The lowest BCUT2D eigenvalue weighted by molar-refractivity contribution is -0.120. The number of hydrogen-bond acceptors (Lipinski definition) is 2. The van der Waals surface area contributed by atoms with E-state index in [1.807, 2.05) is 20.8 Å². The number of carbonyl (C=O) groups excluding carboxylic acids is 2. The lowest BCUT2D eigenvalue weighted by Crippen LogP contribution is -2.23. The normalized spacial score (nSPS) is 9.20. The highest BCUT2D eigenvalue weighted by molar-refractivity contribution is 5.93. The van der Waals surface area contributed by atoms with Crippen LogP contribution in [0.5, 0.6) is 0 Å². The van der Waals surface area contributed by atoms with Crippen LogP contribution in [-0.4, -0.2) is 18.2 Å². The van der Waals surface area contributed by atoms with Crippen LogP contribution >= 0.6 is 0 Å². The molecule has 1 amide bonds. The summed E-state index contributed by atoms with van der Waals surface area (Å²) in [6.45, 7) is 16.5. The van der Waals surface area contributed by atoms with Gasteiger partial charge in [0, 0.05) is 20.8 Å². The van der Waals surface area contributed by atoms with Gasteiger partial charge in [-0.25, -0.2) is 0 Å². The van der Waals surface area contributed by atoms with Gasteiger partial charge in [-0.05, 0) is 25.3 Å². The van der Waals surface area contributed by atoms with Crippen molar-refractivity contribution in [2.24, 2.45) is 0 Å². The van der Waals surface area contributed by atoms with Crippen LogP contribution in [0.2, 0.25) is 0 Å². The minimum absolute atomic E-state index is 0. The monoisotopic (exact) mass is 357 g/mol. The highest BCUT2D eigenvalue weighted by atomic mass is 16.1. The summed E-state index contributed by atoms with van der Waals surface area (Å²) in [4.78, 5) is 22.3. The van der Waals surface area contributed by atoms with Gasteiger partial charge in [0.15, 0.2) is 5.78 Å². The third kappa shape index (κ3) is 28.0. The fraction of sp³-hybridized carbons (Fsp3) is 0.818. The van der Waals surface area contributed by atoms with Crippen LogP contribution in [0.15, 0.2) is 12.2 Å². The molecule has 25 heavy (non-hydrogen) atoms. The lowest BCUT2D eigenvalue weighted by Gasteiger charge is -2.04. The molecule has 0 saturated carbocycles. The third-order valence-corrected chi connectivity index (χ3v) is 3.70. The molecule has 0 aromatic rings. The largest absolute Gasteiger partial charge is 0.356 e. The van der Waals surface area contributed by atoms with Crippen molar-refractivity contribution in [1.29, 1.82) is 0 Å². The topological polar surface area (TPSA) is 46.2 Å². The van der Waals surface area contributed by atoms with Crippen LogP contribution in [0.25, 0.3) is 0 Å². The molecule has 3 heteroatoms. The minimum atomic E-state index is 0. The molecular formula is C22H47NO2. The number of unbranched alkanes of at least 4 members (excludes halogenated alkanes) is 7. The van der Waals surface area contributed by atoms with Gasteiger partial charge in [-0.3, -0.25) is 9.59 Å². The van der Waals surface area contributed by atoms with E-state index in [9.17, 15) is 9.59 Å². The molecule has 3 nitrogen and oxygen atoms in total. The fourth-order valence-corrected chi connectivity index (χ4v) is 1.86. The van der Waals surface area contributed by atoms with Gasteiger partial charge in [-0.15, -0.1) is 0 Å². The molecule has 0 aliphatic rings. The Morgan fingerprint density at radius 3 is 1.68 bits per heavy atom. The van der Waals surface area contributed by atoms with E-state index in [1.165, 1.54) is 38.5 Å². The SMILES string of the molecule is C=C(C)C(=O)CCCCCCCCCNC(=O)CC.CC.CCCC.[HH]. The summed E-state index contributed by atoms with van der Waals surface area (Å²) in [6, 6.07) is 0. The van der Waals surface area contributed by atoms with Crippen LogP contribution < -0.4 is 5.32 Å². The number of ketones is 1. The average Bonchev–Trinajstić information content (AvgIpc) is 2.64. The molecule has 0 aliphatic carbocycles. The molecule has 0 heterocycles. The van der Waals surface area contributed by atoms with Gasteiger partial charge in [0.05, 0.1) is 0 Å². The van der Waals surface area contributed by atoms with E-state index in [-0.39, 0.29) is 13.1 Å². The highest BCUT2D eigenvalue weighted by Gasteiger charge is 2.01. The summed E-state index contributed by atoms with van der Waals surface area (Å²) in [5.74, 6) is 0.342. The predicted octanol–water partition coefficient (Wildman–Crippen LogP) is 6.86. The van der Waals surface area contributed by atoms with Crippen LogP contribution in [0.3, 0.4) is 0 Å². The Kier molecular flexibility index (Phi) is 28.8. The molecule has 0 rings (SSSR count). The molecule has 0 atom stereocenters. The molecular weight excluding hydrogens is 310 g/mol. The Balaban J connectivity index is -0.000000302. The maximum absolute atomic E-state index is 11.3. The molecule has 0 aromatic carbocycles. The first kappa shape index (κ1) is 28.7. The molecule has 0 aliphatic heterocycles. The van der Waals surface area contributed by atoms with Crippen LogP contribution in [-0.2, 0) is 9.59 Å². The number of rotatable bonds is 13. The quantitative estimate of drug-likeness (QED) is 0.289. The van der Waals surface area contributed by atoms with E-state index in [2.05, 4.69) is 25.7 Å². The molecule has 0 aromatic heterocycles. The smallest absolute Gasteiger partial charge is 0.219 e. The number of hydrogen-bond donors (Lipinski definition) is 1. The summed E-state index contributed by atoms with van der Waals surface area (Å²) in [7, 11) is 0. The van der Waals surface area contributed by atoms with Crippen LogP contribution in [0, 0.1) is 0 Å². The third-order valence-electron chi connectivity index (χ3n) is 3.70. The van der Waals surface area contributed by atoms with E-state index < -0.39 is 0 Å². The highest BCUT2D eigenvalue weighted by Crippen LogP contribution is 2.09. The number of amides is 1. The van der Waals surface area contributed by atoms with Gasteiger partial charge in [0.1, 0.15) is 0 Å². The maximum atomic E-state index is 11.3. The van der Waals surface area contributed by atoms with Crippen molar-refractivity contribution < 1.29 is 11.0 Å². The molecule has 0 saturated heterocycles. The summed E-state index contributed by atoms with van der Waals surface area (Å²) in [5, 5.41) is 2.88. The van der Waals surface area contributed by atoms with Crippen molar-refractivity contribution in [3.63, 3.8) is 0 Å². The van der Waals surface area contributed by atoms with Crippen LogP contribution in [0.1, 0.15) is 114 Å². The van der Waals surface area contributed by atoms with Gasteiger partial charge < -0.3 is 5.32 Å². The van der Waals surface area contributed by atoms with Gasteiger partial charge >= 0.3 is 0 Å². The second-order valence-corrected chi connectivity index (χ2v) is 6.13. The van der Waals surface area contributed by atoms with Gasteiger partial charge in [0.2, 0.25) is 5.91 Å². The average molecular weight is 358 g/mol. The second kappa shape index (κ2) is 25.1. The first-order valence-electron chi connectivity index (χ1n) is 10.4. The molecule has 152 valence electrons. The number of nitrogens with one attached hydrogen (secondary N) is 1. The summed E-state index contributed by atoms with van der Waals surface area (Å²) in [6.07, 6.45) is 11.9. The Morgan fingerprint density at radius 1 is 0.840 bits per heavy atom. The first-order valence-corrected chi connectivity index (χ1v) is 10.4. The Bertz CT molecular complexity index is 315. The van der Waals surface area contributed by atoms with Crippen molar-refractivity contribution in [3.05, 3.63) is 12.2 Å². The zero-order valence-electron chi connectivity index (χ0n) is 18.0. The zero-order valence-corrected chi connectivity index (χ0v) is 18.0. The van der Waals surface area contributed by atoms with E-state index in [4.69, 9.17) is 0 Å². The van der Waals surface area contributed by atoms with Crippen LogP contribution in [0.4, 0.5) is 0 Å². The standard InChI is InChI=1S/C16H29NO2.C4H10.C2H6.H2/c1-4-16(19)17-13-11-9-7-5-6-8-10-12-15(18)14(2)3;1-3-4-2;1-2;/h2,4-13H2,1,3H3,(H,17,19);3-4H2,1-2H3;1-2H3;1H. The number of allylic oxidation sites excluding steroid dienone is 1. The number of Topliss-reactive ketones (excluding diaryl/α,β-unsaturated/α-hetero) is 1. The van der Waals surface area contributed by atoms with Crippen molar-refractivity contribution in [2.45, 2.75) is 112 Å². The molecule has 0 unspecified atom stereocenters. The van der Waals surface area contributed by atoms with Gasteiger partial charge in [0.25, 0.3) is 0 Å². The molecule has 0 spiro atoms. The predicted molar refractivity (Wildman–Crippen MR) is 114 cm³/mol. The molecule has 1 N–H and O–H groups in total. The first-order chi connectivity index (χ1) is 12.0. The van der Waals surface area contributed by atoms with E-state index in [1.54, 1.807) is 6.92 Å².